The molecule has 13 aromatic rings. The molecule has 0 saturated carbocycles. The number of nitrogens with zero attached hydrogens (tertiary/aromatic N) is 5. The van der Waals surface area contributed by atoms with Gasteiger partial charge < -0.3 is 0 Å². The lowest BCUT2D eigenvalue weighted by atomic mass is 10.0. The van der Waals surface area contributed by atoms with Crippen LogP contribution in [0.1, 0.15) is 0 Å². The fourth-order valence-electron chi connectivity index (χ4n) is 9.03. The number of para-hydroxylation sites is 2. The van der Waals surface area contributed by atoms with Gasteiger partial charge in [-0.2, -0.15) is 15.0 Å². The van der Waals surface area contributed by atoms with E-state index in [2.05, 4.69) is 185 Å². The summed E-state index contributed by atoms with van der Waals surface area (Å²) in [6, 6.07) is 62.8. The summed E-state index contributed by atoms with van der Waals surface area (Å²) in [6.07, 6.45) is 0. The van der Waals surface area contributed by atoms with E-state index < -0.39 is 0 Å². The summed E-state index contributed by atoms with van der Waals surface area (Å²) in [5.74, 6) is 1.77. The first-order valence-corrected chi connectivity index (χ1v) is 21.0. The van der Waals surface area contributed by atoms with E-state index in [4.69, 9.17) is 15.0 Å². The maximum atomic E-state index is 5.56. The molecule has 5 nitrogen and oxygen atoms in total. The van der Waals surface area contributed by atoms with Gasteiger partial charge in [-0.25, -0.2) is 0 Å². The molecule has 0 unspecified atom stereocenters. The van der Waals surface area contributed by atoms with Gasteiger partial charge in [0.25, 0.3) is 0 Å². The number of hydrogen-bond donors (Lipinski definition) is 0. The molecule has 0 amide bonds. The van der Waals surface area contributed by atoms with Crippen LogP contribution in [-0.4, -0.2) is 24.1 Å². The van der Waals surface area contributed by atoms with E-state index in [1.807, 2.05) is 22.7 Å². The second kappa shape index (κ2) is 12.2. The van der Waals surface area contributed by atoms with Crippen molar-refractivity contribution >= 4 is 107 Å². The largest absolute Gasteiger partial charge is 0.276 e. The van der Waals surface area contributed by atoms with Crippen molar-refractivity contribution in [3.63, 3.8) is 0 Å². The van der Waals surface area contributed by atoms with E-state index in [0.717, 1.165) is 49.5 Å². The zero-order valence-corrected chi connectivity index (χ0v) is 32.4. The Morgan fingerprint density at radius 2 is 0.776 bits per heavy atom. The van der Waals surface area contributed by atoms with Crippen molar-refractivity contribution < 1.29 is 0 Å². The summed E-state index contributed by atoms with van der Waals surface area (Å²) in [6.45, 7) is 0. The van der Waals surface area contributed by atoms with Crippen molar-refractivity contribution in [1.29, 1.82) is 0 Å². The Balaban J connectivity index is 1.18. The average Bonchev–Trinajstić information content (AvgIpc) is 4.04. The van der Waals surface area contributed by atoms with Crippen LogP contribution in [0.2, 0.25) is 0 Å². The first-order valence-electron chi connectivity index (χ1n) is 19.4. The summed E-state index contributed by atoms with van der Waals surface area (Å²) < 4.78 is 9.51. The predicted molar refractivity (Wildman–Crippen MR) is 245 cm³/mol. The molecule has 0 bridgehead atoms. The van der Waals surface area contributed by atoms with Crippen LogP contribution < -0.4 is 0 Å². The van der Waals surface area contributed by atoms with Crippen molar-refractivity contribution in [3.8, 4) is 34.4 Å². The van der Waals surface area contributed by atoms with E-state index in [-0.39, 0.29) is 0 Å². The third-order valence-electron chi connectivity index (χ3n) is 11.6. The van der Waals surface area contributed by atoms with Gasteiger partial charge in [0.05, 0.1) is 31.5 Å². The fourth-order valence-corrected chi connectivity index (χ4v) is 11.5. The summed E-state index contributed by atoms with van der Waals surface area (Å²) in [5.41, 5.74) is 7.49. The second-order valence-electron chi connectivity index (χ2n) is 14.8. The summed E-state index contributed by atoms with van der Waals surface area (Å²) in [4.78, 5) is 16.4. The van der Waals surface area contributed by atoms with E-state index in [1.165, 1.54) is 51.1 Å². The van der Waals surface area contributed by atoms with E-state index in [0.29, 0.717) is 17.7 Å². The first-order chi connectivity index (χ1) is 28.8. The van der Waals surface area contributed by atoms with Gasteiger partial charge in [-0.15, -0.1) is 22.7 Å². The van der Waals surface area contributed by atoms with Crippen LogP contribution in [0.4, 0.5) is 0 Å². The van der Waals surface area contributed by atoms with Crippen molar-refractivity contribution in [1.82, 2.24) is 24.1 Å². The van der Waals surface area contributed by atoms with Gasteiger partial charge in [-0.3, -0.25) is 9.13 Å². The molecule has 0 spiro atoms. The highest BCUT2D eigenvalue weighted by atomic mass is 32.1. The predicted octanol–water partition coefficient (Wildman–Crippen LogP) is 14.1. The van der Waals surface area contributed by atoms with Crippen LogP contribution in [0.25, 0.3) is 118 Å². The highest BCUT2D eigenvalue weighted by Crippen LogP contribution is 2.45. The topological polar surface area (TPSA) is 48.5 Å². The lowest BCUT2D eigenvalue weighted by Crippen LogP contribution is -2.10. The molecule has 0 aliphatic carbocycles. The van der Waals surface area contributed by atoms with Crippen LogP contribution >= 0.6 is 22.7 Å². The fraction of sp³-hybridized carbons (Fsp3) is 0. The molecule has 13 rings (SSSR count). The molecular weight excluding hydrogens is 747 g/mol. The van der Waals surface area contributed by atoms with E-state index >= 15 is 0 Å². The minimum absolute atomic E-state index is 0.579. The monoisotopic (exact) mass is 775 g/mol. The molecule has 0 aliphatic rings. The Morgan fingerprint density at radius 3 is 1.34 bits per heavy atom. The van der Waals surface area contributed by atoms with Crippen molar-refractivity contribution in [3.05, 3.63) is 176 Å². The molecule has 0 radical (unpaired) electrons. The SMILES string of the molecule is c1ccc(-c2cccc(-c3nc(-n4c5ccccc5c5ccc6c7ccccc7sc6c54)nc(-n4c5ccccc5c5ccc6c7ccccc7sc6c54)n3)c2)cc1. The molecule has 0 saturated heterocycles. The van der Waals surface area contributed by atoms with Crippen molar-refractivity contribution in [2.24, 2.45) is 0 Å². The third-order valence-corrected chi connectivity index (χ3v) is 14.0. The Kier molecular flexibility index (Phi) is 6.70. The van der Waals surface area contributed by atoms with Gasteiger partial charge in [0.2, 0.25) is 11.9 Å². The Morgan fingerprint density at radius 1 is 0.328 bits per heavy atom. The molecule has 8 aromatic carbocycles. The summed E-state index contributed by atoms with van der Waals surface area (Å²) in [7, 11) is 0. The van der Waals surface area contributed by atoms with Crippen LogP contribution in [0, 0.1) is 0 Å². The average molecular weight is 776 g/mol. The summed E-state index contributed by atoms with van der Waals surface area (Å²) in [5, 5.41) is 9.66. The molecule has 270 valence electrons. The van der Waals surface area contributed by atoms with Gasteiger partial charge in [-0.05, 0) is 41.5 Å². The highest BCUT2D eigenvalue weighted by molar-refractivity contribution is 7.27. The van der Waals surface area contributed by atoms with Crippen LogP contribution in [0.15, 0.2) is 176 Å². The molecule has 0 aliphatic heterocycles. The van der Waals surface area contributed by atoms with Gasteiger partial charge in [0.1, 0.15) is 0 Å². The standard InChI is InChI=1S/C51H29N5S2/c1-2-13-30(14-3-1)31-15-12-16-32(29-31)49-52-50(55-41-21-8-4-17-33(41)37-25-27-39-35-19-6-10-23-43(35)57-47(39)45(37)55)54-51(53-49)56-42-22-9-5-18-34(42)38-26-28-40-36-20-7-11-24-44(36)58-48(40)46(38)56/h1-29H. The molecular formula is C51H29N5S2. The third kappa shape index (κ3) is 4.54. The minimum atomic E-state index is 0.579. The van der Waals surface area contributed by atoms with Crippen LogP contribution in [0.3, 0.4) is 0 Å². The van der Waals surface area contributed by atoms with E-state index in [1.54, 1.807) is 0 Å². The lowest BCUT2D eigenvalue weighted by Gasteiger charge is -2.13. The lowest BCUT2D eigenvalue weighted by molar-refractivity contribution is 0.895. The maximum absolute atomic E-state index is 5.56. The number of rotatable bonds is 4. The quantitative estimate of drug-likeness (QED) is 0.179. The molecule has 5 heterocycles. The van der Waals surface area contributed by atoms with Gasteiger partial charge >= 0.3 is 0 Å². The number of hydrogen-bond acceptors (Lipinski definition) is 5. The zero-order chi connectivity index (χ0) is 37.9. The Bertz CT molecular complexity index is 3610. The van der Waals surface area contributed by atoms with Gasteiger partial charge in [0, 0.05) is 58.1 Å². The zero-order valence-electron chi connectivity index (χ0n) is 30.8. The molecule has 5 aromatic heterocycles. The molecule has 0 atom stereocenters. The smallest absolute Gasteiger partial charge is 0.240 e. The van der Waals surface area contributed by atoms with Gasteiger partial charge in [-0.1, -0.05) is 146 Å². The molecule has 0 fully saturated rings. The molecule has 0 N–H and O–H groups in total. The highest BCUT2D eigenvalue weighted by Gasteiger charge is 2.24. The minimum Gasteiger partial charge on any atom is -0.276 e. The van der Waals surface area contributed by atoms with Crippen LogP contribution in [-0.2, 0) is 0 Å². The summed E-state index contributed by atoms with van der Waals surface area (Å²) >= 11 is 3.66. The maximum Gasteiger partial charge on any atom is 0.240 e. The number of thiophene rings is 2. The first kappa shape index (κ1) is 32.0. The Hall–Kier alpha value is -7.19. The molecule has 58 heavy (non-hydrogen) atoms. The van der Waals surface area contributed by atoms with Gasteiger partial charge in [0.15, 0.2) is 5.82 Å². The Labute approximate surface area is 339 Å². The number of aromatic nitrogens is 5. The number of benzene rings is 8. The van der Waals surface area contributed by atoms with E-state index in [9.17, 15) is 0 Å². The second-order valence-corrected chi connectivity index (χ2v) is 16.9. The normalized spacial score (nSPS) is 12.1. The molecule has 7 heteroatoms. The number of fused-ring (bicyclic) bond motifs is 14. The van der Waals surface area contributed by atoms with Crippen LogP contribution in [0.5, 0.6) is 0 Å². The van der Waals surface area contributed by atoms with Crippen molar-refractivity contribution in [2.45, 2.75) is 0 Å². The van der Waals surface area contributed by atoms with Crippen molar-refractivity contribution in [2.75, 3.05) is 0 Å².